The monoisotopic (exact) mass is 322 g/mol. The lowest BCUT2D eigenvalue weighted by atomic mass is 10.0. The number of aliphatic hydroxyl groups excluding tert-OH is 1. The zero-order valence-electron chi connectivity index (χ0n) is 13.9. The minimum Gasteiger partial charge on any atom is -0.394 e. The molecular formula is C17H26N2O4. The van der Waals surface area contributed by atoms with Crippen LogP contribution in [0, 0.1) is 0 Å². The fourth-order valence-electron chi connectivity index (χ4n) is 2.53. The third-order valence-corrected chi connectivity index (χ3v) is 3.88. The molecule has 1 aliphatic rings. The van der Waals surface area contributed by atoms with Crippen LogP contribution >= 0.6 is 0 Å². The Hall–Kier alpha value is -1.63. The zero-order valence-corrected chi connectivity index (χ0v) is 13.9. The quantitative estimate of drug-likeness (QED) is 0.774. The number of hydrogen-bond acceptors (Lipinski definition) is 4. The fraction of sp³-hybridized carbons (Fsp3) is 0.588. The van der Waals surface area contributed by atoms with E-state index in [0.29, 0.717) is 13.0 Å². The molecule has 6 nitrogen and oxygen atoms in total. The Morgan fingerprint density at radius 3 is 2.70 bits per heavy atom. The van der Waals surface area contributed by atoms with Crippen LogP contribution in [-0.2, 0) is 9.47 Å². The van der Waals surface area contributed by atoms with Crippen LogP contribution in [0.2, 0.25) is 0 Å². The Balaban J connectivity index is 2.07. The van der Waals surface area contributed by atoms with E-state index in [4.69, 9.17) is 9.47 Å². The molecule has 1 heterocycles. The molecule has 1 aromatic carbocycles. The van der Waals surface area contributed by atoms with Crippen molar-refractivity contribution in [3.05, 3.63) is 35.9 Å². The normalized spacial score (nSPS) is 24.7. The maximum atomic E-state index is 12.1. The Labute approximate surface area is 137 Å². The molecule has 0 aliphatic carbocycles. The van der Waals surface area contributed by atoms with Crippen LogP contribution in [0.1, 0.15) is 38.9 Å². The highest BCUT2D eigenvalue weighted by Crippen LogP contribution is 2.32. The summed E-state index contributed by atoms with van der Waals surface area (Å²) in [6, 6.07) is 8.88. The summed E-state index contributed by atoms with van der Waals surface area (Å²) >= 11 is 0. The Morgan fingerprint density at radius 1 is 1.39 bits per heavy atom. The minimum absolute atomic E-state index is 0.0866. The van der Waals surface area contributed by atoms with E-state index in [9.17, 15) is 9.90 Å². The number of carbonyl (C=O) groups is 1. The molecule has 1 aliphatic heterocycles. The molecule has 0 saturated carbocycles. The van der Waals surface area contributed by atoms with Crippen molar-refractivity contribution in [3.63, 3.8) is 0 Å². The van der Waals surface area contributed by atoms with E-state index in [0.717, 1.165) is 5.56 Å². The largest absolute Gasteiger partial charge is 0.394 e. The van der Waals surface area contributed by atoms with Crippen molar-refractivity contribution in [1.82, 2.24) is 10.6 Å². The number of hydrogen-bond donors (Lipinski definition) is 3. The maximum absolute atomic E-state index is 12.1. The molecule has 128 valence electrons. The molecule has 6 heteroatoms. The first-order valence-electron chi connectivity index (χ1n) is 7.99. The maximum Gasteiger partial charge on any atom is 0.315 e. The summed E-state index contributed by atoms with van der Waals surface area (Å²) in [5, 5.41) is 14.8. The summed E-state index contributed by atoms with van der Waals surface area (Å²) in [4.78, 5) is 12.1. The van der Waals surface area contributed by atoms with Crippen molar-refractivity contribution >= 4 is 6.03 Å². The van der Waals surface area contributed by atoms with Crippen molar-refractivity contribution < 1.29 is 19.4 Å². The van der Waals surface area contributed by atoms with Gasteiger partial charge in [0.15, 0.2) is 5.79 Å². The van der Waals surface area contributed by atoms with E-state index in [1.807, 2.05) is 51.1 Å². The highest BCUT2D eigenvalue weighted by Gasteiger charge is 2.38. The van der Waals surface area contributed by atoms with Crippen LogP contribution < -0.4 is 10.6 Å². The third-order valence-electron chi connectivity index (χ3n) is 3.88. The molecule has 0 aromatic heterocycles. The molecule has 3 N–H and O–H groups in total. The third kappa shape index (κ3) is 4.92. The van der Waals surface area contributed by atoms with E-state index in [-0.39, 0.29) is 30.8 Å². The minimum atomic E-state index is -0.702. The number of nitrogens with one attached hydrogen (secondary N) is 2. The second kappa shape index (κ2) is 7.77. The van der Waals surface area contributed by atoms with Crippen LogP contribution in [0.15, 0.2) is 30.3 Å². The molecule has 1 saturated heterocycles. The molecule has 1 fully saturated rings. The lowest BCUT2D eigenvalue weighted by Gasteiger charge is -2.41. The molecular weight excluding hydrogens is 296 g/mol. The van der Waals surface area contributed by atoms with E-state index < -0.39 is 5.79 Å². The van der Waals surface area contributed by atoms with Gasteiger partial charge in [-0.2, -0.15) is 0 Å². The van der Waals surface area contributed by atoms with E-state index >= 15 is 0 Å². The lowest BCUT2D eigenvalue weighted by Crippen LogP contribution is -2.55. The number of ether oxygens (including phenoxy) is 2. The molecule has 0 radical (unpaired) electrons. The molecule has 23 heavy (non-hydrogen) atoms. The van der Waals surface area contributed by atoms with Crippen LogP contribution in [0.5, 0.6) is 0 Å². The van der Waals surface area contributed by atoms with Crippen LogP contribution in [0.25, 0.3) is 0 Å². The number of benzene rings is 1. The fourth-order valence-corrected chi connectivity index (χ4v) is 2.53. The first kappa shape index (κ1) is 17.7. The van der Waals surface area contributed by atoms with Gasteiger partial charge < -0.3 is 25.2 Å². The number of rotatable bonds is 5. The van der Waals surface area contributed by atoms with Gasteiger partial charge in [0.25, 0.3) is 0 Å². The van der Waals surface area contributed by atoms with E-state index in [1.54, 1.807) is 0 Å². The molecule has 0 spiro atoms. The van der Waals surface area contributed by atoms with Gasteiger partial charge >= 0.3 is 6.03 Å². The van der Waals surface area contributed by atoms with Gasteiger partial charge in [0, 0.05) is 0 Å². The average molecular weight is 322 g/mol. The predicted octanol–water partition coefficient (Wildman–Crippen LogP) is 1.95. The highest BCUT2D eigenvalue weighted by molar-refractivity contribution is 5.74. The number of carbonyl (C=O) groups excluding carboxylic acids is 1. The van der Waals surface area contributed by atoms with Crippen molar-refractivity contribution in [1.29, 1.82) is 0 Å². The number of aliphatic hydroxyl groups is 1. The summed E-state index contributed by atoms with van der Waals surface area (Å²) < 4.78 is 11.7. The van der Waals surface area contributed by atoms with Gasteiger partial charge in [0.1, 0.15) is 6.10 Å². The van der Waals surface area contributed by atoms with Crippen molar-refractivity contribution in [2.24, 2.45) is 0 Å². The molecule has 1 unspecified atom stereocenters. The summed E-state index contributed by atoms with van der Waals surface area (Å²) in [5.74, 6) is -0.702. The molecule has 2 rings (SSSR count). The van der Waals surface area contributed by atoms with Crippen LogP contribution in [0.3, 0.4) is 0 Å². The SMILES string of the molecule is CCC(CO)NC(=O)N[C@@H]1COC(C)(C)O[C@@H]1c1ccccc1. The Morgan fingerprint density at radius 2 is 2.09 bits per heavy atom. The highest BCUT2D eigenvalue weighted by atomic mass is 16.7. The van der Waals surface area contributed by atoms with Gasteiger partial charge in [-0.15, -0.1) is 0 Å². The number of amides is 2. The zero-order chi connectivity index (χ0) is 16.9. The van der Waals surface area contributed by atoms with Crippen molar-refractivity contribution in [2.75, 3.05) is 13.2 Å². The summed E-state index contributed by atoms with van der Waals surface area (Å²) in [5.41, 5.74) is 0.989. The Bertz CT molecular complexity index is 503. The van der Waals surface area contributed by atoms with Crippen LogP contribution in [-0.4, -0.2) is 42.2 Å². The smallest absolute Gasteiger partial charge is 0.315 e. The lowest BCUT2D eigenvalue weighted by molar-refractivity contribution is -0.284. The van der Waals surface area contributed by atoms with Gasteiger partial charge in [-0.1, -0.05) is 37.3 Å². The molecule has 1 aromatic rings. The second-order valence-electron chi connectivity index (χ2n) is 6.17. The first-order chi connectivity index (χ1) is 10.9. The molecule has 3 atom stereocenters. The second-order valence-corrected chi connectivity index (χ2v) is 6.17. The van der Waals surface area contributed by atoms with Gasteiger partial charge in [0.2, 0.25) is 0 Å². The van der Waals surface area contributed by atoms with Crippen molar-refractivity contribution in [2.45, 2.75) is 51.2 Å². The van der Waals surface area contributed by atoms with Crippen LogP contribution in [0.4, 0.5) is 4.79 Å². The van der Waals surface area contributed by atoms with Gasteiger partial charge in [0.05, 0.1) is 25.3 Å². The van der Waals surface area contributed by atoms with Gasteiger partial charge in [-0.25, -0.2) is 4.79 Å². The summed E-state index contributed by atoms with van der Waals surface area (Å²) in [7, 11) is 0. The van der Waals surface area contributed by atoms with E-state index in [1.165, 1.54) is 0 Å². The molecule has 0 bridgehead atoms. The Kier molecular flexibility index (Phi) is 5.98. The first-order valence-corrected chi connectivity index (χ1v) is 7.99. The predicted molar refractivity (Wildman–Crippen MR) is 86.9 cm³/mol. The molecule has 2 amide bonds. The van der Waals surface area contributed by atoms with Crippen molar-refractivity contribution in [3.8, 4) is 0 Å². The summed E-state index contributed by atoms with van der Waals surface area (Å²) in [6.45, 7) is 5.89. The standard InChI is InChI=1S/C17H26N2O4/c1-4-13(10-20)18-16(21)19-14-11-22-17(2,3)23-15(14)12-8-6-5-7-9-12/h5-9,13-15,20H,4,10-11H2,1-3H3,(H2,18,19,21)/t13?,14-,15-/m1/s1. The van der Waals surface area contributed by atoms with Gasteiger partial charge in [-0.3, -0.25) is 0 Å². The summed E-state index contributed by atoms with van der Waals surface area (Å²) in [6.07, 6.45) is 0.372. The van der Waals surface area contributed by atoms with E-state index in [2.05, 4.69) is 10.6 Å². The average Bonchev–Trinajstić information content (AvgIpc) is 2.55. The number of urea groups is 1. The van der Waals surface area contributed by atoms with Gasteiger partial charge in [-0.05, 0) is 25.8 Å². The topological polar surface area (TPSA) is 79.8 Å².